The van der Waals surface area contributed by atoms with Crippen molar-refractivity contribution in [3.63, 3.8) is 0 Å². The van der Waals surface area contributed by atoms with Crippen LogP contribution in [0.15, 0.2) is 18.2 Å². The number of nitrogens with one attached hydrogen (secondary N) is 1. The summed E-state index contributed by atoms with van der Waals surface area (Å²) in [4.78, 5) is 21.1. The molecule has 5 nitrogen and oxygen atoms in total. The summed E-state index contributed by atoms with van der Waals surface area (Å²) < 4.78 is 31.4. The monoisotopic (exact) mass is 517 g/mol. The van der Waals surface area contributed by atoms with Gasteiger partial charge in [-0.25, -0.2) is 13.8 Å². The van der Waals surface area contributed by atoms with Gasteiger partial charge in [0.15, 0.2) is 6.61 Å². The summed E-state index contributed by atoms with van der Waals surface area (Å²) in [6.07, 6.45) is 11.0. The molecule has 1 fully saturated rings. The number of benzene rings is 1. The standard InChI is InChI=1S/C28H37F2N3O2S/c1-28(29,30)18-35-27-32-24-17-33(16-14-25(24)36-27)15-13-19-9-11-21(12-10-19)31-26(34)23-8-4-6-20-5-2-3-7-22(20)23/h4,6,8,19,21H,2-3,5,7,9-18H2,1H3,(H,31,34). The molecule has 196 valence electrons. The molecule has 2 aliphatic carbocycles. The fourth-order valence-corrected chi connectivity index (χ4v) is 6.79. The van der Waals surface area contributed by atoms with E-state index < -0.39 is 12.5 Å². The molecule has 1 aliphatic heterocycles. The smallest absolute Gasteiger partial charge is 0.278 e. The lowest BCUT2D eigenvalue weighted by Gasteiger charge is -2.32. The quantitative estimate of drug-likeness (QED) is 0.481. The van der Waals surface area contributed by atoms with Crippen LogP contribution in [-0.2, 0) is 25.8 Å². The van der Waals surface area contributed by atoms with Gasteiger partial charge in [0.2, 0.25) is 0 Å². The van der Waals surface area contributed by atoms with Crippen molar-refractivity contribution in [2.24, 2.45) is 5.92 Å². The minimum absolute atomic E-state index is 0.107. The van der Waals surface area contributed by atoms with Crippen molar-refractivity contribution in [3.05, 3.63) is 45.5 Å². The summed E-state index contributed by atoms with van der Waals surface area (Å²) in [5.41, 5.74) is 4.49. The van der Waals surface area contributed by atoms with Gasteiger partial charge in [-0.15, -0.1) is 0 Å². The molecular weight excluding hydrogens is 480 g/mol. The van der Waals surface area contributed by atoms with Crippen LogP contribution >= 0.6 is 11.3 Å². The molecule has 0 spiro atoms. The zero-order valence-corrected chi connectivity index (χ0v) is 22.0. The van der Waals surface area contributed by atoms with Crippen molar-refractivity contribution in [1.82, 2.24) is 15.2 Å². The van der Waals surface area contributed by atoms with Crippen LogP contribution < -0.4 is 10.1 Å². The maximum absolute atomic E-state index is 13.1. The average Bonchev–Trinajstić information content (AvgIpc) is 3.29. The predicted molar refractivity (Wildman–Crippen MR) is 138 cm³/mol. The highest BCUT2D eigenvalue weighted by molar-refractivity contribution is 7.13. The van der Waals surface area contributed by atoms with Crippen LogP contribution in [0.1, 0.15) is 83.9 Å². The number of amides is 1. The molecule has 0 radical (unpaired) electrons. The highest BCUT2D eigenvalue weighted by atomic mass is 32.1. The number of halogens is 2. The summed E-state index contributed by atoms with van der Waals surface area (Å²) in [6, 6.07) is 6.47. The number of carbonyl (C=O) groups excluding carboxylic acids is 1. The van der Waals surface area contributed by atoms with E-state index in [1.807, 2.05) is 12.1 Å². The third kappa shape index (κ3) is 6.43. The molecule has 0 saturated heterocycles. The van der Waals surface area contributed by atoms with Crippen molar-refractivity contribution >= 4 is 17.2 Å². The number of carbonyl (C=O) groups is 1. The molecule has 3 aliphatic rings. The fraction of sp³-hybridized carbons (Fsp3) is 0.643. The van der Waals surface area contributed by atoms with Gasteiger partial charge in [-0.05, 0) is 93.9 Å². The lowest BCUT2D eigenvalue weighted by atomic mass is 9.83. The van der Waals surface area contributed by atoms with Gasteiger partial charge in [0, 0.05) is 36.5 Å². The van der Waals surface area contributed by atoms with Crippen LogP contribution in [-0.4, -0.2) is 47.5 Å². The summed E-state index contributed by atoms with van der Waals surface area (Å²) in [5, 5.41) is 3.69. The number of rotatable bonds is 8. The summed E-state index contributed by atoms with van der Waals surface area (Å²) in [7, 11) is 0. The minimum atomic E-state index is -2.85. The van der Waals surface area contributed by atoms with E-state index in [0.717, 1.165) is 94.1 Å². The molecule has 36 heavy (non-hydrogen) atoms. The van der Waals surface area contributed by atoms with E-state index in [9.17, 15) is 13.6 Å². The maximum atomic E-state index is 13.1. The van der Waals surface area contributed by atoms with E-state index in [4.69, 9.17) is 4.74 Å². The lowest BCUT2D eigenvalue weighted by Crippen LogP contribution is -2.39. The van der Waals surface area contributed by atoms with Crippen molar-refractivity contribution in [2.75, 3.05) is 19.7 Å². The average molecular weight is 518 g/mol. The molecule has 8 heteroatoms. The highest BCUT2D eigenvalue weighted by Crippen LogP contribution is 2.32. The van der Waals surface area contributed by atoms with E-state index in [-0.39, 0.29) is 11.9 Å². The first-order valence-electron chi connectivity index (χ1n) is 13.5. The van der Waals surface area contributed by atoms with Gasteiger partial charge in [-0.2, -0.15) is 0 Å². The molecule has 0 atom stereocenters. The molecule has 2 aromatic rings. The molecule has 1 amide bonds. The SMILES string of the molecule is CC(F)(F)COc1nc2c(s1)CCN(CCC1CCC(NC(=O)c3cccc4c3CCCC4)CC1)C2. The van der Waals surface area contributed by atoms with Gasteiger partial charge < -0.3 is 10.1 Å². The summed E-state index contributed by atoms with van der Waals surface area (Å²) >= 11 is 1.41. The number of thiazole rings is 1. The molecule has 0 unspecified atom stereocenters. The molecule has 1 N–H and O–H groups in total. The van der Waals surface area contributed by atoms with Crippen LogP contribution in [0, 0.1) is 5.92 Å². The third-order valence-corrected chi connectivity index (χ3v) is 8.98. The molecule has 1 aromatic carbocycles. The highest BCUT2D eigenvalue weighted by Gasteiger charge is 2.27. The fourth-order valence-electron chi connectivity index (χ4n) is 5.89. The van der Waals surface area contributed by atoms with Crippen LogP contribution in [0.2, 0.25) is 0 Å². The Labute approximate surface area is 216 Å². The summed E-state index contributed by atoms with van der Waals surface area (Å²) in [6.45, 7) is 3.01. The van der Waals surface area contributed by atoms with Crippen molar-refractivity contribution < 1.29 is 18.3 Å². The van der Waals surface area contributed by atoms with Crippen LogP contribution in [0.4, 0.5) is 8.78 Å². The molecule has 5 rings (SSSR count). The number of alkyl halides is 2. The number of aryl methyl sites for hydroxylation is 1. The molecule has 1 aromatic heterocycles. The van der Waals surface area contributed by atoms with Gasteiger partial charge in [-0.1, -0.05) is 23.5 Å². The maximum Gasteiger partial charge on any atom is 0.278 e. The van der Waals surface area contributed by atoms with Gasteiger partial charge in [0.1, 0.15) is 0 Å². The largest absolute Gasteiger partial charge is 0.464 e. The first kappa shape index (κ1) is 25.6. The van der Waals surface area contributed by atoms with Gasteiger partial charge in [0.25, 0.3) is 17.0 Å². The Balaban J connectivity index is 1.05. The number of fused-ring (bicyclic) bond motifs is 2. The number of aromatic nitrogens is 1. The van der Waals surface area contributed by atoms with E-state index in [0.29, 0.717) is 11.1 Å². The Morgan fingerprint density at radius 3 is 2.81 bits per heavy atom. The first-order valence-corrected chi connectivity index (χ1v) is 14.3. The van der Waals surface area contributed by atoms with Gasteiger partial charge in [0.05, 0.1) is 5.69 Å². The Bertz CT molecular complexity index is 1060. The first-order chi connectivity index (χ1) is 17.3. The summed E-state index contributed by atoms with van der Waals surface area (Å²) in [5.74, 6) is -2.05. The molecule has 0 bridgehead atoms. The van der Waals surface area contributed by atoms with E-state index >= 15 is 0 Å². The van der Waals surface area contributed by atoms with E-state index in [1.165, 1.54) is 35.3 Å². The number of nitrogens with zero attached hydrogens (tertiary/aromatic N) is 2. The van der Waals surface area contributed by atoms with Crippen molar-refractivity contribution in [1.29, 1.82) is 0 Å². The second-order valence-electron chi connectivity index (χ2n) is 10.9. The molecule has 2 heterocycles. The Kier molecular flexibility index (Phi) is 7.91. The van der Waals surface area contributed by atoms with Crippen LogP contribution in [0.25, 0.3) is 0 Å². The molecule has 1 saturated carbocycles. The third-order valence-electron chi connectivity index (χ3n) is 7.91. The van der Waals surface area contributed by atoms with Gasteiger partial charge in [-0.3, -0.25) is 9.69 Å². The van der Waals surface area contributed by atoms with E-state index in [1.54, 1.807) is 0 Å². The lowest BCUT2D eigenvalue weighted by molar-refractivity contribution is -0.0230. The van der Waals surface area contributed by atoms with Crippen molar-refractivity contribution in [2.45, 2.75) is 89.6 Å². The van der Waals surface area contributed by atoms with E-state index in [2.05, 4.69) is 21.3 Å². The van der Waals surface area contributed by atoms with Crippen LogP contribution in [0.5, 0.6) is 5.19 Å². The zero-order chi connectivity index (χ0) is 25.1. The zero-order valence-electron chi connectivity index (χ0n) is 21.2. The minimum Gasteiger partial charge on any atom is -0.464 e. The molecular formula is C28H37F2N3O2S. The number of ether oxygens (including phenoxy) is 1. The Morgan fingerprint density at radius 1 is 1.19 bits per heavy atom. The topological polar surface area (TPSA) is 54.5 Å². The van der Waals surface area contributed by atoms with Crippen molar-refractivity contribution in [3.8, 4) is 5.19 Å². The Hall–Kier alpha value is -2.06. The normalized spacial score (nSPS) is 22.5. The number of hydrogen-bond donors (Lipinski definition) is 1. The number of hydrogen-bond acceptors (Lipinski definition) is 5. The second-order valence-corrected chi connectivity index (χ2v) is 11.9. The van der Waals surface area contributed by atoms with Crippen LogP contribution in [0.3, 0.4) is 0 Å². The predicted octanol–water partition coefficient (Wildman–Crippen LogP) is 5.79. The Morgan fingerprint density at radius 2 is 2.00 bits per heavy atom. The second kappa shape index (κ2) is 11.1. The van der Waals surface area contributed by atoms with Gasteiger partial charge >= 0.3 is 0 Å².